The topological polar surface area (TPSA) is 88.1 Å². The van der Waals surface area contributed by atoms with E-state index in [4.69, 9.17) is 4.74 Å². The molecule has 150 valence electrons. The molecule has 0 fully saturated rings. The molecule has 7 heteroatoms. The van der Waals surface area contributed by atoms with E-state index in [-0.39, 0.29) is 24.1 Å². The lowest BCUT2D eigenvalue weighted by Gasteiger charge is -2.28. The minimum atomic E-state index is -0.845. The van der Waals surface area contributed by atoms with E-state index in [9.17, 15) is 14.4 Å². The van der Waals surface area contributed by atoms with Crippen molar-refractivity contribution in [2.24, 2.45) is 4.99 Å². The van der Waals surface area contributed by atoms with Crippen LogP contribution in [0.1, 0.15) is 36.7 Å². The van der Waals surface area contributed by atoms with Crippen LogP contribution in [0.3, 0.4) is 0 Å². The number of aliphatic imine (C=N–C) groups is 1. The maximum absolute atomic E-state index is 12.9. The van der Waals surface area contributed by atoms with Crippen molar-refractivity contribution in [1.82, 2.24) is 4.90 Å². The number of carbonyl (C=O) groups is 3. The number of amides is 2. The van der Waals surface area contributed by atoms with Gasteiger partial charge in [0.15, 0.2) is 5.78 Å². The van der Waals surface area contributed by atoms with Gasteiger partial charge in [0.05, 0.1) is 7.11 Å². The van der Waals surface area contributed by atoms with E-state index >= 15 is 0 Å². The van der Waals surface area contributed by atoms with Crippen LogP contribution in [0.2, 0.25) is 0 Å². The third-order valence-corrected chi connectivity index (χ3v) is 4.73. The molecule has 29 heavy (non-hydrogen) atoms. The van der Waals surface area contributed by atoms with Crippen LogP contribution in [-0.4, -0.2) is 47.5 Å². The van der Waals surface area contributed by atoms with Crippen molar-refractivity contribution in [3.8, 4) is 5.75 Å². The first-order chi connectivity index (χ1) is 13.7. The van der Waals surface area contributed by atoms with E-state index in [2.05, 4.69) is 10.3 Å². The first-order valence-electron chi connectivity index (χ1n) is 9.18. The highest BCUT2D eigenvalue weighted by molar-refractivity contribution is 6.47. The Morgan fingerprint density at radius 2 is 1.69 bits per heavy atom. The van der Waals surface area contributed by atoms with E-state index in [0.29, 0.717) is 28.3 Å². The van der Waals surface area contributed by atoms with Crippen LogP contribution in [0.4, 0.5) is 5.69 Å². The molecular formula is C22H23N3O4. The van der Waals surface area contributed by atoms with E-state index in [1.54, 1.807) is 69.5 Å². The zero-order chi connectivity index (χ0) is 21.2. The van der Waals surface area contributed by atoms with Crippen LogP contribution >= 0.6 is 0 Å². The third kappa shape index (κ3) is 4.34. The summed E-state index contributed by atoms with van der Waals surface area (Å²) in [5.74, 6) is -0.00277. The molecule has 1 heterocycles. The highest BCUT2D eigenvalue weighted by atomic mass is 16.5. The molecule has 1 aliphatic heterocycles. The second-order valence-corrected chi connectivity index (χ2v) is 7.26. The number of nitrogens with one attached hydrogen (secondary N) is 1. The van der Waals surface area contributed by atoms with Gasteiger partial charge < -0.3 is 15.0 Å². The Morgan fingerprint density at radius 3 is 2.24 bits per heavy atom. The summed E-state index contributed by atoms with van der Waals surface area (Å²) in [7, 11) is 1.57. The molecular weight excluding hydrogens is 370 g/mol. The Balaban J connectivity index is 1.71. The van der Waals surface area contributed by atoms with Gasteiger partial charge in [-0.05, 0) is 69.3 Å². The van der Waals surface area contributed by atoms with Crippen LogP contribution in [0.5, 0.6) is 5.75 Å². The Morgan fingerprint density at radius 1 is 1.07 bits per heavy atom. The molecule has 7 nitrogen and oxygen atoms in total. The lowest BCUT2D eigenvalue weighted by molar-refractivity contribution is -0.131. The van der Waals surface area contributed by atoms with Gasteiger partial charge in [-0.15, -0.1) is 0 Å². The van der Waals surface area contributed by atoms with Gasteiger partial charge in [-0.3, -0.25) is 19.4 Å². The number of Topliss-reactive ketones (excluding diaryl/α,β-unsaturated/α-hetero) is 1. The van der Waals surface area contributed by atoms with Crippen molar-refractivity contribution in [1.29, 1.82) is 0 Å². The number of hydrogen-bond acceptors (Lipinski definition) is 5. The zero-order valence-electron chi connectivity index (χ0n) is 16.9. The van der Waals surface area contributed by atoms with Gasteiger partial charge in [-0.25, -0.2) is 0 Å². The summed E-state index contributed by atoms with van der Waals surface area (Å²) in [6, 6.07) is 13.7. The van der Waals surface area contributed by atoms with Crippen LogP contribution < -0.4 is 10.1 Å². The van der Waals surface area contributed by atoms with Crippen LogP contribution in [-0.2, 0) is 9.59 Å². The molecule has 0 saturated carbocycles. The largest absolute Gasteiger partial charge is 0.497 e. The van der Waals surface area contributed by atoms with Crippen molar-refractivity contribution in [2.45, 2.75) is 26.4 Å². The quantitative estimate of drug-likeness (QED) is 0.765. The Hall–Kier alpha value is -3.48. The highest BCUT2D eigenvalue weighted by Gasteiger charge is 2.41. The lowest BCUT2D eigenvalue weighted by atomic mass is 10.1. The second kappa shape index (κ2) is 7.87. The van der Waals surface area contributed by atoms with Crippen molar-refractivity contribution >= 4 is 29.0 Å². The summed E-state index contributed by atoms with van der Waals surface area (Å²) >= 11 is 0. The van der Waals surface area contributed by atoms with Gasteiger partial charge in [0, 0.05) is 16.8 Å². The molecule has 0 saturated heterocycles. The van der Waals surface area contributed by atoms with Gasteiger partial charge in [-0.2, -0.15) is 0 Å². The molecule has 0 atom stereocenters. The average molecular weight is 393 g/mol. The Bertz CT molecular complexity index is 976. The SMILES string of the molecule is COc1ccc(C2=NC(C)(C)N(CC(=O)Nc3ccc(C(C)=O)cc3)C2=O)cc1. The highest BCUT2D eigenvalue weighted by Crippen LogP contribution is 2.27. The fourth-order valence-electron chi connectivity index (χ4n) is 3.09. The van der Waals surface area contributed by atoms with E-state index < -0.39 is 5.66 Å². The normalized spacial score (nSPS) is 15.1. The number of ether oxygens (including phenoxy) is 1. The van der Waals surface area contributed by atoms with E-state index in [0.717, 1.165) is 0 Å². The molecule has 1 N–H and O–H groups in total. The van der Waals surface area contributed by atoms with Crippen LogP contribution in [0, 0.1) is 0 Å². The number of methoxy groups -OCH3 is 1. The standard InChI is InChI=1S/C22H23N3O4/c1-14(26)15-5-9-17(10-6-15)23-19(27)13-25-21(28)20(24-22(25,2)3)16-7-11-18(29-4)12-8-16/h5-12H,13H2,1-4H3,(H,23,27). The minimum absolute atomic E-state index is 0.0458. The molecule has 2 aromatic carbocycles. The molecule has 2 amide bonds. The second-order valence-electron chi connectivity index (χ2n) is 7.26. The van der Waals surface area contributed by atoms with Gasteiger partial charge >= 0.3 is 0 Å². The molecule has 0 radical (unpaired) electrons. The summed E-state index contributed by atoms with van der Waals surface area (Å²) in [6.45, 7) is 4.92. The zero-order valence-corrected chi connectivity index (χ0v) is 16.9. The summed E-state index contributed by atoms with van der Waals surface area (Å²) in [5.41, 5.74) is 1.27. The molecule has 0 aliphatic carbocycles. The third-order valence-electron chi connectivity index (χ3n) is 4.73. The maximum atomic E-state index is 12.9. The van der Waals surface area contributed by atoms with E-state index in [1.165, 1.54) is 11.8 Å². The first kappa shape index (κ1) is 20.3. The molecule has 0 aromatic heterocycles. The smallest absolute Gasteiger partial charge is 0.275 e. The first-order valence-corrected chi connectivity index (χ1v) is 9.18. The average Bonchev–Trinajstić information content (AvgIpc) is 2.92. The number of ketones is 1. The molecule has 0 bridgehead atoms. The van der Waals surface area contributed by atoms with Crippen LogP contribution in [0.25, 0.3) is 0 Å². The van der Waals surface area contributed by atoms with Crippen molar-refractivity contribution in [2.75, 3.05) is 19.0 Å². The minimum Gasteiger partial charge on any atom is -0.497 e. The maximum Gasteiger partial charge on any atom is 0.275 e. The number of benzene rings is 2. The predicted octanol–water partition coefficient (Wildman–Crippen LogP) is 2.90. The van der Waals surface area contributed by atoms with Crippen molar-refractivity contribution in [3.05, 3.63) is 59.7 Å². The predicted molar refractivity (Wildman–Crippen MR) is 110 cm³/mol. The fourth-order valence-corrected chi connectivity index (χ4v) is 3.09. The monoisotopic (exact) mass is 393 g/mol. The van der Waals surface area contributed by atoms with Gasteiger partial charge in [0.1, 0.15) is 23.7 Å². The number of carbonyl (C=O) groups excluding carboxylic acids is 3. The van der Waals surface area contributed by atoms with Crippen molar-refractivity contribution < 1.29 is 19.1 Å². The summed E-state index contributed by atoms with van der Waals surface area (Å²) in [5, 5.41) is 2.75. The number of hydrogen-bond donors (Lipinski definition) is 1. The number of anilines is 1. The van der Waals surface area contributed by atoms with Gasteiger partial charge in [0.2, 0.25) is 5.91 Å². The summed E-state index contributed by atoms with van der Waals surface area (Å²) in [6.07, 6.45) is 0. The Labute approximate surface area is 169 Å². The fraction of sp³-hybridized carbons (Fsp3) is 0.273. The number of rotatable bonds is 6. The molecule has 3 rings (SSSR count). The van der Waals surface area contributed by atoms with Gasteiger partial charge in [-0.1, -0.05) is 0 Å². The molecule has 0 spiro atoms. The van der Waals surface area contributed by atoms with E-state index in [1.807, 2.05) is 0 Å². The summed E-state index contributed by atoms with van der Waals surface area (Å²) < 4.78 is 5.14. The summed E-state index contributed by atoms with van der Waals surface area (Å²) in [4.78, 5) is 42.8. The molecule has 2 aromatic rings. The van der Waals surface area contributed by atoms with Crippen molar-refractivity contribution in [3.63, 3.8) is 0 Å². The molecule has 0 unspecified atom stereocenters. The number of nitrogens with zero attached hydrogens (tertiary/aromatic N) is 2. The molecule has 1 aliphatic rings. The van der Waals surface area contributed by atoms with Gasteiger partial charge in [0.25, 0.3) is 5.91 Å². The van der Waals surface area contributed by atoms with Crippen LogP contribution in [0.15, 0.2) is 53.5 Å². The lowest BCUT2D eigenvalue weighted by Crippen LogP contribution is -2.46. The Kier molecular flexibility index (Phi) is 5.50.